The maximum atomic E-state index is 14.0. The lowest BCUT2D eigenvalue weighted by Gasteiger charge is -2.52. The van der Waals surface area contributed by atoms with Gasteiger partial charge >= 0.3 is 0 Å². The molecule has 2 saturated carbocycles. The number of hydrogen-bond acceptors (Lipinski definition) is 11. The highest BCUT2D eigenvalue weighted by Crippen LogP contribution is 2.52. The number of likely N-dealkylation sites (N-methyl/N-ethyl adjacent to an activating group) is 2. The van der Waals surface area contributed by atoms with E-state index < -0.39 is 70.1 Å². The first-order valence-electron chi connectivity index (χ1n) is 12.9. The number of Topliss-reactive ketones (excluding diaryl/α,β-unsaturated/α-hetero) is 4. The lowest BCUT2D eigenvalue weighted by atomic mass is 9.52. The topological polar surface area (TPSA) is 191 Å². The van der Waals surface area contributed by atoms with Crippen LogP contribution in [0.15, 0.2) is 6.07 Å². The molecule has 2 amide bonds. The van der Waals surface area contributed by atoms with E-state index in [9.17, 15) is 39.0 Å². The first kappa shape index (κ1) is 29.2. The van der Waals surface area contributed by atoms with E-state index in [1.807, 2.05) is 0 Å². The average molecular weight is 558 g/mol. The van der Waals surface area contributed by atoms with E-state index in [0.29, 0.717) is 11.3 Å². The Balaban J connectivity index is 1.85. The van der Waals surface area contributed by atoms with Crippen molar-refractivity contribution in [3.63, 3.8) is 0 Å². The van der Waals surface area contributed by atoms with Crippen LogP contribution in [-0.2, 0) is 30.4 Å². The number of primary amides is 1. The molecule has 0 heterocycles. The van der Waals surface area contributed by atoms with E-state index in [2.05, 4.69) is 5.32 Å². The SMILES string of the molecule is CN(C)C(=O)CNc1cc(N(C)C)c2c(c1O)C(=O)C1C(=O)[C@@]3(O)C(=O)C(C(N)=O)C(=O)[C@H](N(C)C)[C@H]3C[C@H]1C2. The van der Waals surface area contributed by atoms with Gasteiger partial charge in [-0.25, -0.2) is 0 Å². The normalized spacial score (nSPS) is 29.4. The van der Waals surface area contributed by atoms with Gasteiger partial charge < -0.3 is 31.1 Å². The number of nitrogens with one attached hydrogen (secondary N) is 1. The van der Waals surface area contributed by atoms with Gasteiger partial charge in [0.2, 0.25) is 11.8 Å². The summed E-state index contributed by atoms with van der Waals surface area (Å²) in [7, 11) is 9.70. The van der Waals surface area contributed by atoms with Crippen LogP contribution in [0.1, 0.15) is 22.3 Å². The summed E-state index contributed by atoms with van der Waals surface area (Å²) in [4.78, 5) is 83.3. The summed E-state index contributed by atoms with van der Waals surface area (Å²) in [5.41, 5.74) is 3.57. The summed E-state index contributed by atoms with van der Waals surface area (Å²) in [6, 6.07) is 0.448. The van der Waals surface area contributed by atoms with Crippen LogP contribution >= 0.6 is 0 Å². The molecule has 2 unspecified atom stereocenters. The van der Waals surface area contributed by atoms with Crippen LogP contribution in [0.4, 0.5) is 11.4 Å². The second-order valence-electron chi connectivity index (χ2n) is 11.5. The molecule has 3 aliphatic rings. The number of hydrogen-bond donors (Lipinski definition) is 4. The van der Waals surface area contributed by atoms with E-state index in [4.69, 9.17) is 5.73 Å². The molecule has 0 aromatic heterocycles. The highest BCUT2D eigenvalue weighted by molar-refractivity contribution is 6.32. The molecular formula is C27H35N5O8. The predicted molar refractivity (Wildman–Crippen MR) is 143 cm³/mol. The lowest BCUT2D eigenvalue weighted by Crippen LogP contribution is -2.74. The van der Waals surface area contributed by atoms with Crippen molar-refractivity contribution in [2.24, 2.45) is 29.4 Å². The first-order chi connectivity index (χ1) is 18.5. The van der Waals surface area contributed by atoms with Crippen molar-refractivity contribution in [1.29, 1.82) is 0 Å². The number of anilines is 2. The number of carbonyl (C=O) groups excluding carboxylic acids is 6. The lowest BCUT2D eigenvalue weighted by molar-refractivity contribution is -0.181. The summed E-state index contributed by atoms with van der Waals surface area (Å²) in [5, 5.41) is 25.7. The number of phenols is 1. The largest absolute Gasteiger partial charge is 0.505 e. The number of rotatable bonds is 6. The molecule has 40 heavy (non-hydrogen) atoms. The van der Waals surface area contributed by atoms with Crippen molar-refractivity contribution in [3.8, 4) is 5.75 Å². The van der Waals surface area contributed by atoms with Crippen LogP contribution in [0.3, 0.4) is 0 Å². The molecule has 4 rings (SSSR count). The van der Waals surface area contributed by atoms with Crippen LogP contribution in [0.25, 0.3) is 0 Å². The Morgan fingerprint density at radius 3 is 2.23 bits per heavy atom. The quantitative estimate of drug-likeness (QED) is 0.233. The monoisotopic (exact) mass is 557 g/mol. The van der Waals surface area contributed by atoms with Crippen LogP contribution in [0, 0.1) is 23.7 Å². The molecule has 0 saturated heterocycles. The van der Waals surface area contributed by atoms with Crippen LogP contribution in [0.2, 0.25) is 0 Å². The Morgan fingerprint density at radius 2 is 1.70 bits per heavy atom. The van der Waals surface area contributed by atoms with Gasteiger partial charge in [0.15, 0.2) is 34.7 Å². The molecular weight excluding hydrogens is 522 g/mol. The third-order valence-corrected chi connectivity index (χ3v) is 8.45. The molecule has 0 radical (unpaired) electrons. The molecule has 5 N–H and O–H groups in total. The summed E-state index contributed by atoms with van der Waals surface area (Å²) >= 11 is 0. The highest BCUT2D eigenvalue weighted by atomic mass is 16.3. The maximum absolute atomic E-state index is 14.0. The molecule has 1 aromatic carbocycles. The average Bonchev–Trinajstić information content (AvgIpc) is 2.84. The summed E-state index contributed by atoms with van der Waals surface area (Å²) in [6.07, 6.45) is 0.110. The van der Waals surface area contributed by atoms with E-state index in [0.717, 1.165) is 0 Å². The van der Waals surface area contributed by atoms with Crippen LogP contribution in [-0.4, -0.2) is 115 Å². The fourth-order valence-corrected chi connectivity index (χ4v) is 6.51. The minimum Gasteiger partial charge on any atom is -0.505 e. The fraction of sp³-hybridized carbons (Fsp3) is 0.556. The molecule has 3 aliphatic carbocycles. The van der Waals surface area contributed by atoms with Gasteiger partial charge in [-0.3, -0.25) is 33.7 Å². The Hall–Kier alpha value is -3.84. The van der Waals surface area contributed by atoms with Crippen LogP contribution < -0.4 is 16.0 Å². The zero-order chi connectivity index (χ0) is 30.0. The Morgan fingerprint density at radius 1 is 1.07 bits per heavy atom. The van der Waals surface area contributed by atoms with Gasteiger partial charge in [0.05, 0.1) is 29.8 Å². The number of carbonyl (C=O) groups is 6. The molecule has 6 atom stereocenters. The number of nitrogens with zero attached hydrogens (tertiary/aromatic N) is 3. The van der Waals surface area contributed by atoms with Gasteiger partial charge in [-0.1, -0.05) is 0 Å². The number of amides is 2. The zero-order valence-electron chi connectivity index (χ0n) is 23.3. The predicted octanol–water partition coefficient (Wildman–Crippen LogP) is -1.57. The first-order valence-corrected chi connectivity index (χ1v) is 12.9. The Labute approximate surface area is 231 Å². The summed E-state index contributed by atoms with van der Waals surface area (Å²) in [5.74, 6) is -11.4. The zero-order valence-corrected chi connectivity index (χ0v) is 23.3. The van der Waals surface area contributed by atoms with Crippen molar-refractivity contribution < 1.29 is 39.0 Å². The number of nitrogens with two attached hydrogens (primary N) is 1. The molecule has 13 heteroatoms. The number of fused-ring (bicyclic) bond motifs is 3. The van der Waals surface area contributed by atoms with Crippen molar-refractivity contribution >= 4 is 46.3 Å². The number of phenolic OH excluding ortho intramolecular Hbond substituents is 1. The van der Waals surface area contributed by atoms with Gasteiger partial charge in [0.1, 0.15) is 5.75 Å². The standard InChI is InChI=1S/C27H35N5O8/c1-30(2)15-9-14(29-10-16(33)31(3)4)21(34)18-12(15)7-11-8-13-20(32(5)6)23(36)19(26(28)39)25(38)27(13,40)24(37)17(11)22(18)35/h9,11,13,17,19-20,29,34,40H,7-8,10H2,1-6H3,(H2,28,39)/t11-,13-,17?,19?,20-,27-/m1/s1. The fourth-order valence-electron chi connectivity index (χ4n) is 6.51. The van der Waals surface area contributed by atoms with Crippen LogP contribution in [0.5, 0.6) is 5.75 Å². The summed E-state index contributed by atoms with van der Waals surface area (Å²) in [6.45, 7) is -0.171. The van der Waals surface area contributed by atoms with Gasteiger partial charge in [0, 0.05) is 39.8 Å². The third kappa shape index (κ3) is 4.15. The molecule has 216 valence electrons. The van der Waals surface area contributed by atoms with E-state index in [1.165, 1.54) is 23.9 Å². The van der Waals surface area contributed by atoms with Crippen molar-refractivity contribution in [2.45, 2.75) is 24.5 Å². The number of aromatic hydroxyl groups is 1. The van der Waals surface area contributed by atoms with Gasteiger partial charge in [-0.05, 0) is 44.5 Å². The minimum absolute atomic E-state index is 0.0329. The van der Waals surface area contributed by atoms with E-state index in [-0.39, 0.29) is 36.5 Å². The van der Waals surface area contributed by atoms with Crippen molar-refractivity contribution in [2.75, 3.05) is 59.0 Å². The molecule has 1 aromatic rings. The second kappa shape index (κ2) is 9.97. The van der Waals surface area contributed by atoms with Crippen molar-refractivity contribution in [1.82, 2.24) is 9.80 Å². The number of benzene rings is 1. The Kier molecular flexibility index (Phi) is 7.26. The van der Waals surface area contributed by atoms with E-state index >= 15 is 0 Å². The maximum Gasteiger partial charge on any atom is 0.241 e. The van der Waals surface area contributed by atoms with Gasteiger partial charge in [-0.15, -0.1) is 0 Å². The summed E-state index contributed by atoms with van der Waals surface area (Å²) < 4.78 is 0. The van der Waals surface area contributed by atoms with Gasteiger partial charge in [0.25, 0.3) is 0 Å². The number of aliphatic hydroxyl groups is 1. The molecule has 13 nitrogen and oxygen atoms in total. The molecule has 0 bridgehead atoms. The van der Waals surface area contributed by atoms with E-state index in [1.54, 1.807) is 39.2 Å². The second-order valence-corrected chi connectivity index (χ2v) is 11.5. The minimum atomic E-state index is -2.79. The van der Waals surface area contributed by atoms with Crippen molar-refractivity contribution in [3.05, 3.63) is 17.2 Å². The van der Waals surface area contributed by atoms with Gasteiger partial charge in [-0.2, -0.15) is 0 Å². The molecule has 0 spiro atoms. The Bertz CT molecular complexity index is 1340. The highest BCUT2D eigenvalue weighted by Gasteiger charge is 2.69. The molecule has 0 aliphatic heterocycles. The number of ketones is 4. The smallest absolute Gasteiger partial charge is 0.241 e. The molecule has 2 fully saturated rings. The third-order valence-electron chi connectivity index (χ3n) is 8.45.